The standard InChI is InChI=1S/C23H16ClFN2O2S/c24-20-4-2-1-3-16(20)14-29-19-11-5-15(6-12-19)13-21-22(28)27-23(30-21)26-18-9-7-17(25)8-10-18/h1-13H,14H2,(H,26,27,28)/b21-13-. The molecule has 1 heterocycles. The number of rotatable bonds is 5. The molecule has 1 aliphatic heterocycles. The highest BCUT2D eigenvalue weighted by Crippen LogP contribution is 2.28. The van der Waals surface area contributed by atoms with E-state index in [1.165, 1.54) is 23.9 Å². The molecule has 3 aromatic rings. The number of amides is 1. The SMILES string of the molecule is O=C1NC(=Nc2ccc(F)cc2)S/C1=C\c1ccc(OCc2ccccc2Cl)cc1. The van der Waals surface area contributed by atoms with Crippen molar-refractivity contribution in [3.05, 3.63) is 99.7 Å². The van der Waals surface area contributed by atoms with Crippen molar-refractivity contribution >= 4 is 46.2 Å². The Balaban J connectivity index is 1.41. The molecule has 0 radical (unpaired) electrons. The van der Waals surface area contributed by atoms with E-state index in [0.717, 1.165) is 11.1 Å². The van der Waals surface area contributed by atoms with E-state index >= 15 is 0 Å². The smallest absolute Gasteiger partial charge is 0.264 e. The van der Waals surface area contributed by atoms with Crippen LogP contribution in [0.2, 0.25) is 5.02 Å². The zero-order valence-corrected chi connectivity index (χ0v) is 17.2. The number of hydrogen-bond donors (Lipinski definition) is 1. The molecule has 7 heteroatoms. The second-order valence-electron chi connectivity index (χ2n) is 6.41. The van der Waals surface area contributed by atoms with Gasteiger partial charge in [0, 0.05) is 10.6 Å². The Morgan fingerprint density at radius 1 is 1.03 bits per heavy atom. The van der Waals surface area contributed by atoms with Gasteiger partial charge in [0.25, 0.3) is 5.91 Å². The van der Waals surface area contributed by atoms with E-state index in [1.54, 1.807) is 18.2 Å². The molecule has 0 aliphatic carbocycles. The zero-order valence-electron chi connectivity index (χ0n) is 15.6. The Morgan fingerprint density at radius 2 is 1.77 bits per heavy atom. The van der Waals surface area contributed by atoms with Gasteiger partial charge in [-0.25, -0.2) is 9.38 Å². The van der Waals surface area contributed by atoms with Gasteiger partial charge in [-0.3, -0.25) is 4.79 Å². The minimum absolute atomic E-state index is 0.222. The molecular weight excluding hydrogens is 423 g/mol. The number of hydrogen-bond acceptors (Lipinski definition) is 4. The summed E-state index contributed by atoms with van der Waals surface area (Å²) in [6.07, 6.45) is 1.78. The summed E-state index contributed by atoms with van der Waals surface area (Å²) in [7, 11) is 0. The van der Waals surface area contributed by atoms with Gasteiger partial charge < -0.3 is 10.1 Å². The van der Waals surface area contributed by atoms with Crippen LogP contribution in [0.25, 0.3) is 6.08 Å². The quantitative estimate of drug-likeness (QED) is 0.501. The Kier molecular flexibility index (Phi) is 6.16. The van der Waals surface area contributed by atoms with Crippen LogP contribution in [0.15, 0.2) is 82.7 Å². The molecule has 30 heavy (non-hydrogen) atoms. The minimum atomic E-state index is -0.332. The molecule has 4 rings (SSSR count). The molecule has 0 spiro atoms. The molecule has 150 valence electrons. The monoisotopic (exact) mass is 438 g/mol. The van der Waals surface area contributed by atoms with Crippen LogP contribution in [-0.4, -0.2) is 11.1 Å². The van der Waals surface area contributed by atoms with Crippen molar-refractivity contribution in [2.24, 2.45) is 4.99 Å². The van der Waals surface area contributed by atoms with E-state index in [-0.39, 0.29) is 11.7 Å². The number of aliphatic imine (C=N–C) groups is 1. The van der Waals surface area contributed by atoms with Gasteiger partial charge in [-0.2, -0.15) is 0 Å². The number of halogens is 2. The Bertz CT molecular complexity index is 1130. The fourth-order valence-electron chi connectivity index (χ4n) is 2.70. The largest absolute Gasteiger partial charge is 0.489 e. The lowest BCUT2D eigenvalue weighted by Crippen LogP contribution is -2.19. The van der Waals surface area contributed by atoms with Gasteiger partial charge in [0.05, 0.1) is 10.6 Å². The van der Waals surface area contributed by atoms with Crippen molar-refractivity contribution in [3.8, 4) is 5.75 Å². The predicted molar refractivity (Wildman–Crippen MR) is 119 cm³/mol. The number of nitrogens with zero attached hydrogens (tertiary/aromatic N) is 1. The lowest BCUT2D eigenvalue weighted by Gasteiger charge is -2.08. The van der Waals surface area contributed by atoms with E-state index in [2.05, 4.69) is 10.3 Å². The zero-order chi connectivity index (χ0) is 20.9. The van der Waals surface area contributed by atoms with Crippen LogP contribution in [0.1, 0.15) is 11.1 Å². The second kappa shape index (κ2) is 9.15. The Morgan fingerprint density at radius 3 is 2.50 bits per heavy atom. The number of carbonyl (C=O) groups is 1. The summed E-state index contributed by atoms with van der Waals surface area (Å²) >= 11 is 7.38. The summed E-state index contributed by atoms with van der Waals surface area (Å²) in [4.78, 5) is 17.1. The van der Waals surface area contributed by atoms with Crippen molar-refractivity contribution in [2.45, 2.75) is 6.61 Å². The van der Waals surface area contributed by atoms with E-state index < -0.39 is 0 Å². The van der Waals surface area contributed by atoms with Crippen molar-refractivity contribution in [1.29, 1.82) is 0 Å². The van der Waals surface area contributed by atoms with Gasteiger partial charge in [0.2, 0.25) is 0 Å². The van der Waals surface area contributed by atoms with Crippen molar-refractivity contribution < 1.29 is 13.9 Å². The summed E-state index contributed by atoms with van der Waals surface area (Å²) in [5, 5.41) is 3.84. The molecule has 1 fully saturated rings. The summed E-state index contributed by atoms with van der Waals surface area (Å²) < 4.78 is 18.8. The maximum atomic E-state index is 13.0. The van der Waals surface area contributed by atoms with Gasteiger partial charge in [0.1, 0.15) is 18.2 Å². The highest BCUT2D eigenvalue weighted by molar-refractivity contribution is 8.18. The molecule has 1 saturated heterocycles. The lowest BCUT2D eigenvalue weighted by molar-refractivity contribution is -0.115. The molecule has 0 bridgehead atoms. The summed E-state index contributed by atoms with van der Waals surface area (Å²) in [5.41, 5.74) is 2.35. The molecule has 0 unspecified atom stereocenters. The summed E-state index contributed by atoms with van der Waals surface area (Å²) in [5.74, 6) is 0.154. The van der Waals surface area contributed by atoms with Gasteiger partial charge in [-0.15, -0.1) is 0 Å². The molecule has 0 aromatic heterocycles. The number of ether oxygens (including phenoxy) is 1. The molecule has 1 aliphatic rings. The van der Waals surface area contributed by atoms with Gasteiger partial charge >= 0.3 is 0 Å². The molecule has 4 nitrogen and oxygen atoms in total. The van der Waals surface area contributed by atoms with Gasteiger partial charge in [-0.1, -0.05) is 41.9 Å². The van der Waals surface area contributed by atoms with Crippen molar-refractivity contribution in [3.63, 3.8) is 0 Å². The highest BCUT2D eigenvalue weighted by Gasteiger charge is 2.23. The summed E-state index contributed by atoms with van der Waals surface area (Å²) in [6, 6.07) is 20.7. The minimum Gasteiger partial charge on any atom is -0.489 e. The van der Waals surface area contributed by atoms with Crippen LogP contribution in [-0.2, 0) is 11.4 Å². The van der Waals surface area contributed by atoms with Crippen molar-refractivity contribution in [2.75, 3.05) is 0 Å². The number of benzene rings is 3. The van der Waals surface area contributed by atoms with E-state index in [9.17, 15) is 9.18 Å². The van der Waals surface area contributed by atoms with Gasteiger partial charge in [0.15, 0.2) is 5.17 Å². The molecule has 1 amide bonds. The van der Waals surface area contributed by atoms with Crippen LogP contribution in [0, 0.1) is 5.82 Å². The number of thioether (sulfide) groups is 1. The molecule has 0 atom stereocenters. The highest BCUT2D eigenvalue weighted by atomic mass is 35.5. The topological polar surface area (TPSA) is 50.7 Å². The molecule has 1 N–H and O–H groups in total. The van der Waals surface area contributed by atoms with Crippen molar-refractivity contribution in [1.82, 2.24) is 5.32 Å². The molecule has 0 saturated carbocycles. The average molecular weight is 439 g/mol. The normalized spacial score (nSPS) is 16.1. The molecular formula is C23H16ClFN2O2S. The first kappa shape index (κ1) is 20.2. The second-order valence-corrected chi connectivity index (χ2v) is 7.85. The molecule has 3 aromatic carbocycles. The maximum absolute atomic E-state index is 13.0. The van der Waals surface area contributed by atoms with Gasteiger partial charge in [-0.05, 0) is 65.9 Å². The summed E-state index contributed by atoms with van der Waals surface area (Å²) in [6.45, 7) is 0.377. The van der Waals surface area contributed by atoms with Crippen LogP contribution in [0.5, 0.6) is 5.75 Å². The van der Waals surface area contributed by atoms with Crippen LogP contribution < -0.4 is 10.1 Å². The number of nitrogens with one attached hydrogen (secondary N) is 1. The Hall–Kier alpha value is -3.09. The first-order chi connectivity index (χ1) is 14.6. The number of carbonyl (C=O) groups excluding carboxylic acids is 1. The third kappa shape index (κ3) is 5.09. The van der Waals surface area contributed by atoms with Crippen LogP contribution in [0.4, 0.5) is 10.1 Å². The van der Waals surface area contributed by atoms with E-state index in [0.29, 0.717) is 33.1 Å². The fraction of sp³-hybridized carbons (Fsp3) is 0.0435. The fourth-order valence-corrected chi connectivity index (χ4v) is 3.73. The van der Waals surface area contributed by atoms with E-state index in [1.807, 2.05) is 48.5 Å². The maximum Gasteiger partial charge on any atom is 0.264 e. The van der Waals surface area contributed by atoms with E-state index in [4.69, 9.17) is 16.3 Å². The third-order valence-electron chi connectivity index (χ3n) is 4.24. The van der Waals surface area contributed by atoms with Crippen LogP contribution >= 0.6 is 23.4 Å². The predicted octanol–water partition coefficient (Wildman–Crippen LogP) is 5.95. The van der Waals surface area contributed by atoms with Crippen LogP contribution in [0.3, 0.4) is 0 Å². The first-order valence-corrected chi connectivity index (χ1v) is 10.3. The first-order valence-electron chi connectivity index (χ1n) is 9.08. The average Bonchev–Trinajstić information content (AvgIpc) is 3.09. The lowest BCUT2D eigenvalue weighted by atomic mass is 10.2. The Labute approximate surface area is 182 Å². The third-order valence-corrected chi connectivity index (χ3v) is 5.52. The number of amidine groups is 1.